The van der Waals surface area contributed by atoms with E-state index in [2.05, 4.69) is 24.3 Å². The van der Waals surface area contributed by atoms with E-state index in [0.717, 1.165) is 35.8 Å². The number of ether oxygens (including phenoxy) is 2. The molecular formula is C26H21ClO2. The summed E-state index contributed by atoms with van der Waals surface area (Å²) in [6, 6.07) is 33.7. The van der Waals surface area contributed by atoms with Crippen molar-refractivity contribution in [3.63, 3.8) is 0 Å². The van der Waals surface area contributed by atoms with Gasteiger partial charge in [0, 0.05) is 5.02 Å². The third kappa shape index (κ3) is 5.63. The standard InChI is InChI=1S/C26H21ClO2/c27-22-14-16-24(17-15-22)29-26-11-5-7-21(19-26)13-12-20-6-4-10-25(18-20)28-23-8-2-1-3-9-23/h1-11,14-19H,12-13H2. The summed E-state index contributed by atoms with van der Waals surface area (Å²) < 4.78 is 11.9. The molecule has 2 nitrogen and oxygen atoms in total. The van der Waals surface area contributed by atoms with Crippen molar-refractivity contribution in [2.45, 2.75) is 12.8 Å². The molecule has 0 N–H and O–H groups in total. The van der Waals surface area contributed by atoms with Crippen LogP contribution in [0, 0.1) is 0 Å². The van der Waals surface area contributed by atoms with Crippen LogP contribution in [-0.2, 0) is 12.8 Å². The Morgan fingerprint density at radius 1 is 0.483 bits per heavy atom. The van der Waals surface area contributed by atoms with Gasteiger partial charge in [0.25, 0.3) is 0 Å². The number of para-hydroxylation sites is 1. The van der Waals surface area contributed by atoms with Crippen molar-refractivity contribution in [3.8, 4) is 23.0 Å². The number of halogens is 1. The highest BCUT2D eigenvalue weighted by Gasteiger charge is 2.03. The van der Waals surface area contributed by atoms with Crippen LogP contribution in [0.1, 0.15) is 11.1 Å². The summed E-state index contributed by atoms with van der Waals surface area (Å²) in [4.78, 5) is 0. The maximum absolute atomic E-state index is 5.94. The molecule has 3 heteroatoms. The molecule has 0 atom stereocenters. The molecule has 0 saturated carbocycles. The van der Waals surface area contributed by atoms with Gasteiger partial charge in [0.05, 0.1) is 0 Å². The van der Waals surface area contributed by atoms with Crippen molar-refractivity contribution in [2.75, 3.05) is 0 Å². The zero-order valence-electron chi connectivity index (χ0n) is 15.9. The second-order valence-corrected chi connectivity index (χ2v) is 7.20. The van der Waals surface area contributed by atoms with E-state index >= 15 is 0 Å². The van der Waals surface area contributed by atoms with Crippen LogP contribution in [0.3, 0.4) is 0 Å². The van der Waals surface area contributed by atoms with Crippen molar-refractivity contribution in [1.29, 1.82) is 0 Å². The van der Waals surface area contributed by atoms with E-state index in [-0.39, 0.29) is 0 Å². The number of hydrogen-bond donors (Lipinski definition) is 0. The minimum Gasteiger partial charge on any atom is -0.457 e. The van der Waals surface area contributed by atoms with E-state index in [9.17, 15) is 0 Å². The molecule has 0 unspecified atom stereocenters. The largest absolute Gasteiger partial charge is 0.457 e. The molecule has 0 heterocycles. The van der Waals surface area contributed by atoms with E-state index in [0.29, 0.717) is 5.02 Å². The van der Waals surface area contributed by atoms with Gasteiger partial charge in [-0.2, -0.15) is 0 Å². The van der Waals surface area contributed by atoms with Gasteiger partial charge >= 0.3 is 0 Å². The van der Waals surface area contributed by atoms with Gasteiger partial charge < -0.3 is 9.47 Å². The summed E-state index contributed by atoms with van der Waals surface area (Å²) in [6.45, 7) is 0. The summed E-state index contributed by atoms with van der Waals surface area (Å²) in [6.07, 6.45) is 1.85. The number of rotatable bonds is 7. The molecule has 0 amide bonds. The Balaban J connectivity index is 1.39. The van der Waals surface area contributed by atoms with Crippen molar-refractivity contribution >= 4 is 11.6 Å². The lowest BCUT2D eigenvalue weighted by Gasteiger charge is -2.09. The second-order valence-electron chi connectivity index (χ2n) is 6.77. The Kier molecular flexibility index (Phi) is 6.13. The minimum atomic E-state index is 0.699. The molecule has 0 radical (unpaired) electrons. The summed E-state index contributed by atoms with van der Waals surface area (Å²) in [5.41, 5.74) is 2.47. The van der Waals surface area contributed by atoms with Gasteiger partial charge in [0.1, 0.15) is 23.0 Å². The quantitative estimate of drug-likeness (QED) is 0.316. The first-order valence-electron chi connectivity index (χ1n) is 9.59. The van der Waals surface area contributed by atoms with Crippen LogP contribution in [0.25, 0.3) is 0 Å². The molecule has 0 aliphatic heterocycles. The first kappa shape index (κ1) is 19.1. The molecule has 4 aromatic carbocycles. The highest BCUT2D eigenvalue weighted by Crippen LogP contribution is 2.25. The van der Waals surface area contributed by atoms with Crippen LogP contribution in [0.15, 0.2) is 103 Å². The molecule has 0 bridgehead atoms. The lowest BCUT2D eigenvalue weighted by molar-refractivity contribution is 0.481. The van der Waals surface area contributed by atoms with Crippen LogP contribution < -0.4 is 9.47 Å². The summed E-state index contributed by atoms with van der Waals surface area (Å²) in [7, 11) is 0. The normalized spacial score (nSPS) is 10.5. The minimum absolute atomic E-state index is 0.699. The van der Waals surface area contributed by atoms with Gasteiger partial charge in [-0.3, -0.25) is 0 Å². The third-order valence-corrected chi connectivity index (χ3v) is 4.78. The van der Waals surface area contributed by atoms with Crippen molar-refractivity contribution < 1.29 is 9.47 Å². The third-order valence-electron chi connectivity index (χ3n) is 4.53. The molecule has 0 spiro atoms. The predicted molar refractivity (Wildman–Crippen MR) is 118 cm³/mol. The lowest BCUT2D eigenvalue weighted by atomic mass is 10.0. The van der Waals surface area contributed by atoms with Gasteiger partial charge in [-0.05, 0) is 84.6 Å². The molecule has 0 aliphatic rings. The van der Waals surface area contributed by atoms with Crippen LogP contribution in [0.2, 0.25) is 5.02 Å². The van der Waals surface area contributed by atoms with Crippen LogP contribution >= 0.6 is 11.6 Å². The van der Waals surface area contributed by atoms with Crippen LogP contribution in [0.4, 0.5) is 0 Å². The molecule has 0 fully saturated rings. The van der Waals surface area contributed by atoms with Gasteiger partial charge in [-0.25, -0.2) is 0 Å². The Bertz CT molecular complexity index is 1060. The average Bonchev–Trinajstić information content (AvgIpc) is 2.75. The van der Waals surface area contributed by atoms with E-state index in [1.54, 1.807) is 0 Å². The molecule has 0 saturated heterocycles. The van der Waals surface area contributed by atoms with Gasteiger partial charge in [-0.1, -0.05) is 54.1 Å². The summed E-state index contributed by atoms with van der Waals surface area (Å²) in [5, 5.41) is 0.699. The monoisotopic (exact) mass is 400 g/mol. The molecule has 144 valence electrons. The summed E-state index contributed by atoms with van der Waals surface area (Å²) >= 11 is 5.93. The van der Waals surface area contributed by atoms with Crippen LogP contribution in [-0.4, -0.2) is 0 Å². The fourth-order valence-electron chi connectivity index (χ4n) is 3.08. The fraction of sp³-hybridized carbons (Fsp3) is 0.0769. The van der Waals surface area contributed by atoms with E-state index in [1.807, 2.05) is 78.9 Å². The fourth-order valence-corrected chi connectivity index (χ4v) is 3.21. The SMILES string of the molecule is Clc1ccc(Oc2cccc(CCc3cccc(Oc4ccccc4)c3)c2)cc1. The maximum atomic E-state index is 5.94. The van der Waals surface area contributed by atoms with Crippen LogP contribution in [0.5, 0.6) is 23.0 Å². The Labute approximate surface area is 176 Å². The van der Waals surface area contributed by atoms with E-state index in [4.69, 9.17) is 21.1 Å². The van der Waals surface area contributed by atoms with Crippen molar-refractivity contribution in [1.82, 2.24) is 0 Å². The zero-order valence-corrected chi connectivity index (χ0v) is 16.7. The van der Waals surface area contributed by atoms with E-state index < -0.39 is 0 Å². The topological polar surface area (TPSA) is 18.5 Å². The smallest absolute Gasteiger partial charge is 0.127 e. The van der Waals surface area contributed by atoms with E-state index in [1.165, 1.54) is 11.1 Å². The first-order chi connectivity index (χ1) is 14.2. The molecule has 0 aliphatic carbocycles. The van der Waals surface area contributed by atoms with Crippen molar-refractivity contribution in [2.24, 2.45) is 0 Å². The molecular weight excluding hydrogens is 380 g/mol. The zero-order chi connectivity index (χ0) is 19.9. The molecule has 0 aromatic heterocycles. The molecule has 4 aromatic rings. The highest BCUT2D eigenvalue weighted by molar-refractivity contribution is 6.30. The summed E-state index contributed by atoms with van der Waals surface area (Å²) in [5.74, 6) is 3.30. The van der Waals surface area contributed by atoms with Gasteiger partial charge in [-0.15, -0.1) is 0 Å². The molecule has 4 rings (SSSR count). The first-order valence-corrected chi connectivity index (χ1v) is 9.97. The van der Waals surface area contributed by atoms with Crippen molar-refractivity contribution in [3.05, 3.63) is 119 Å². The average molecular weight is 401 g/mol. The maximum Gasteiger partial charge on any atom is 0.127 e. The lowest BCUT2D eigenvalue weighted by Crippen LogP contribution is -1.93. The number of hydrogen-bond acceptors (Lipinski definition) is 2. The highest BCUT2D eigenvalue weighted by atomic mass is 35.5. The molecule has 29 heavy (non-hydrogen) atoms. The predicted octanol–water partition coefficient (Wildman–Crippen LogP) is 7.71. The number of aryl methyl sites for hydroxylation is 2. The second kappa shape index (κ2) is 9.31. The Morgan fingerprint density at radius 3 is 1.52 bits per heavy atom. The van der Waals surface area contributed by atoms with Gasteiger partial charge in [0.2, 0.25) is 0 Å². The Hall–Kier alpha value is -3.23. The number of benzene rings is 4. The Morgan fingerprint density at radius 2 is 0.966 bits per heavy atom. The van der Waals surface area contributed by atoms with Gasteiger partial charge in [0.15, 0.2) is 0 Å².